The van der Waals surface area contributed by atoms with E-state index < -0.39 is 29.3 Å². The van der Waals surface area contributed by atoms with Crippen molar-refractivity contribution in [1.29, 1.82) is 0 Å². The highest BCUT2D eigenvalue weighted by atomic mass is 19.1. The molecule has 1 fully saturated rings. The number of quaternary nitrogens is 1. The lowest BCUT2D eigenvalue weighted by Crippen LogP contribution is -3.05. The average Bonchev–Trinajstić information content (AvgIpc) is 2.99. The molecule has 0 aromatic heterocycles. The van der Waals surface area contributed by atoms with Crippen LogP contribution < -0.4 is 14.7 Å². The maximum atomic E-state index is 13.3. The molecule has 1 aliphatic heterocycles. The lowest BCUT2D eigenvalue weighted by atomic mass is 9.95. The number of halogens is 1. The molecule has 170 valence electrons. The summed E-state index contributed by atoms with van der Waals surface area (Å²) in [7, 11) is 4.02. The molecule has 1 amide bonds. The molecule has 1 N–H and O–H groups in total. The van der Waals surface area contributed by atoms with E-state index in [0.29, 0.717) is 24.3 Å². The Labute approximate surface area is 187 Å². The molecule has 0 saturated carbocycles. The first kappa shape index (κ1) is 23.5. The van der Waals surface area contributed by atoms with Crippen molar-refractivity contribution >= 4 is 17.4 Å². The van der Waals surface area contributed by atoms with Crippen molar-refractivity contribution in [3.63, 3.8) is 0 Å². The van der Waals surface area contributed by atoms with Crippen LogP contribution in [0.2, 0.25) is 0 Å². The first-order valence-corrected chi connectivity index (χ1v) is 10.8. The third-order valence-electron chi connectivity index (χ3n) is 5.28. The number of Topliss-reactive ketones (excluding diaryl/α,β-unsaturated/α-hetero) is 1. The number of amides is 1. The van der Waals surface area contributed by atoms with Gasteiger partial charge < -0.3 is 19.6 Å². The minimum absolute atomic E-state index is 0.00250. The van der Waals surface area contributed by atoms with Gasteiger partial charge in [-0.1, -0.05) is 30.0 Å². The van der Waals surface area contributed by atoms with Gasteiger partial charge in [-0.25, -0.2) is 4.39 Å². The number of nitrogens with one attached hydrogen (secondary N) is 1. The number of carbonyl (C=O) groups is 2. The largest absolute Gasteiger partial charge is 0.872 e. The first-order chi connectivity index (χ1) is 15.2. The number of likely N-dealkylation sites (tertiary alicyclic amines) is 1. The Morgan fingerprint density at radius 1 is 1.09 bits per heavy atom. The third-order valence-corrected chi connectivity index (χ3v) is 5.28. The normalized spacial score (nSPS) is 18.1. The zero-order valence-electron chi connectivity index (χ0n) is 18.9. The van der Waals surface area contributed by atoms with Crippen molar-refractivity contribution in [3.8, 4) is 5.75 Å². The van der Waals surface area contributed by atoms with Crippen LogP contribution in [0.4, 0.5) is 4.39 Å². The van der Waals surface area contributed by atoms with Crippen LogP contribution in [0, 0.1) is 5.82 Å². The third kappa shape index (κ3) is 5.16. The highest BCUT2D eigenvalue weighted by molar-refractivity contribution is 6.46. The zero-order valence-corrected chi connectivity index (χ0v) is 18.9. The fourth-order valence-corrected chi connectivity index (χ4v) is 3.81. The highest BCUT2D eigenvalue weighted by Gasteiger charge is 2.43. The fourth-order valence-electron chi connectivity index (χ4n) is 3.81. The second-order valence-corrected chi connectivity index (χ2v) is 8.53. The van der Waals surface area contributed by atoms with E-state index >= 15 is 0 Å². The maximum Gasteiger partial charge on any atom is 0.295 e. The summed E-state index contributed by atoms with van der Waals surface area (Å²) in [5, 5.41) is 13.2. The van der Waals surface area contributed by atoms with Gasteiger partial charge in [-0.15, -0.1) is 0 Å². The van der Waals surface area contributed by atoms with Crippen molar-refractivity contribution < 1.29 is 28.7 Å². The molecule has 1 aliphatic rings. The molecule has 1 saturated heterocycles. The lowest BCUT2D eigenvalue weighted by molar-refractivity contribution is -0.858. The summed E-state index contributed by atoms with van der Waals surface area (Å²) in [4.78, 5) is 28.5. The monoisotopic (exact) mass is 440 g/mol. The molecule has 7 heteroatoms. The zero-order chi connectivity index (χ0) is 23.4. The molecule has 0 bridgehead atoms. The average molecular weight is 441 g/mol. The van der Waals surface area contributed by atoms with Crippen molar-refractivity contribution in [2.24, 2.45) is 0 Å². The van der Waals surface area contributed by atoms with Crippen molar-refractivity contribution in [2.75, 3.05) is 27.2 Å². The van der Waals surface area contributed by atoms with E-state index in [-0.39, 0.29) is 17.2 Å². The summed E-state index contributed by atoms with van der Waals surface area (Å²) in [6, 6.07) is 11.3. The van der Waals surface area contributed by atoms with Crippen LogP contribution in [0.1, 0.15) is 37.4 Å². The van der Waals surface area contributed by atoms with Gasteiger partial charge in [0.1, 0.15) is 11.6 Å². The molecular weight excluding hydrogens is 411 g/mol. The molecule has 0 spiro atoms. The Balaban J connectivity index is 2.05. The molecule has 0 radical (unpaired) electrons. The Morgan fingerprint density at radius 2 is 1.72 bits per heavy atom. The Bertz CT molecular complexity index is 998. The van der Waals surface area contributed by atoms with Gasteiger partial charge in [0.2, 0.25) is 5.78 Å². The molecule has 2 aromatic rings. The Hall–Kier alpha value is -3.19. The number of nitrogens with zero attached hydrogens (tertiary/aromatic N) is 1. The molecule has 6 nitrogen and oxygen atoms in total. The SMILES string of the molecule is CC(C)Oc1ccc(C2C(=C([O-])c3ccc(F)cc3)C(=O)C(=O)N2CCC[NH+](C)C)cc1. The predicted octanol–water partition coefficient (Wildman–Crippen LogP) is 1.37. The van der Waals surface area contributed by atoms with Crippen LogP contribution in [0.25, 0.3) is 5.76 Å². The van der Waals surface area contributed by atoms with E-state index in [2.05, 4.69) is 0 Å². The van der Waals surface area contributed by atoms with Crippen LogP contribution in [0.15, 0.2) is 54.1 Å². The van der Waals surface area contributed by atoms with Crippen LogP contribution in [0.5, 0.6) is 5.75 Å². The molecule has 0 aliphatic carbocycles. The quantitative estimate of drug-likeness (QED) is 0.382. The van der Waals surface area contributed by atoms with Crippen LogP contribution >= 0.6 is 0 Å². The summed E-state index contributed by atoms with van der Waals surface area (Å²) in [5.41, 5.74) is 0.728. The van der Waals surface area contributed by atoms with E-state index in [4.69, 9.17) is 4.74 Å². The number of benzene rings is 2. The van der Waals surface area contributed by atoms with Gasteiger partial charge in [-0.2, -0.15) is 0 Å². The summed E-state index contributed by atoms with van der Waals surface area (Å²) in [5.74, 6) is -1.86. The Morgan fingerprint density at radius 3 is 2.28 bits per heavy atom. The fraction of sp³-hybridized carbons (Fsp3) is 0.360. The van der Waals surface area contributed by atoms with Crippen LogP contribution in [-0.4, -0.2) is 49.9 Å². The maximum absolute atomic E-state index is 13.3. The number of ether oxygens (including phenoxy) is 1. The smallest absolute Gasteiger partial charge is 0.295 e. The van der Waals surface area contributed by atoms with Gasteiger partial charge in [0.15, 0.2) is 0 Å². The van der Waals surface area contributed by atoms with E-state index in [1.165, 1.54) is 34.1 Å². The van der Waals surface area contributed by atoms with Gasteiger partial charge in [0.25, 0.3) is 5.91 Å². The molecule has 1 unspecified atom stereocenters. The van der Waals surface area contributed by atoms with Gasteiger partial charge in [0.05, 0.1) is 32.8 Å². The highest BCUT2D eigenvalue weighted by Crippen LogP contribution is 2.39. The molecule has 2 aromatic carbocycles. The van der Waals surface area contributed by atoms with Crippen LogP contribution in [0.3, 0.4) is 0 Å². The second-order valence-electron chi connectivity index (χ2n) is 8.53. The minimum atomic E-state index is -0.802. The number of hydrogen-bond acceptors (Lipinski definition) is 4. The van der Waals surface area contributed by atoms with Crippen molar-refractivity contribution in [1.82, 2.24) is 4.90 Å². The number of carbonyl (C=O) groups excluding carboxylic acids is 2. The van der Waals surface area contributed by atoms with Crippen molar-refractivity contribution in [3.05, 3.63) is 71.0 Å². The molecule has 1 atom stereocenters. The van der Waals surface area contributed by atoms with Gasteiger partial charge in [-0.05, 0) is 49.2 Å². The topological polar surface area (TPSA) is 74.1 Å². The summed E-state index contributed by atoms with van der Waals surface area (Å²) in [6.45, 7) is 5.01. The minimum Gasteiger partial charge on any atom is -0.872 e. The number of ketones is 1. The number of rotatable bonds is 8. The lowest BCUT2D eigenvalue weighted by Gasteiger charge is -2.28. The van der Waals surface area contributed by atoms with Crippen LogP contribution in [-0.2, 0) is 9.59 Å². The predicted molar refractivity (Wildman–Crippen MR) is 117 cm³/mol. The molecular formula is C25H29FN2O4. The summed E-state index contributed by atoms with van der Waals surface area (Å²) in [6.07, 6.45) is 0.687. The summed E-state index contributed by atoms with van der Waals surface area (Å²) < 4.78 is 19.0. The van der Waals surface area contributed by atoms with E-state index in [0.717, 1.165) is 6.54 Å². The van der Waals surface area contributed by atoms with Gasteiger partial charge in [0, 0.05) is 18.5 Å². The first-order valence-electron chi connectivity index (χ1n) is 10.8. The molecule has 1 heterocycles. The second kappa shape index (κ2) is 9.96. The van der Waals surface area contributed by atoms with Gasteiger partial charge in [-0.3, -0.25) is 9.59 Å². The van der Waals surface area contributed by atoms with E-state index in [1.54, 1.807) is 24.3 Å². The van der Waals surface area contributed by atoms with Gasteiger partial charge >= 0.3 is 0 Å². The number of hydrogen-bond donors (Lipinski definition) is 1. The standard InChI is InChI=1S/C25H29FN2O4/c1-16(2)32-20-12-8-17(9-13-20)22-21(23(29)18-6-10-19(26)11-7-18)24(30)25(31)28(22)15-5-14-27(3)4/h6-13,16,22,29H,5,14-15H2,1-4H3. The Kier molecular flexibility index (Phi) is 7.30. The van der Waals surface area contributed by atoms with E-state index in [1.807, 2.05) is 27.9 Å². The van der Waals surface area contributed by atoms with Crippen molar-refractivity contribution in [2.45, 2.75) is 32.4 Å². The molecule has 3 rings (SSSR count). The summed E-state index contributed by atoms with van der Waals surface area (Å²) >= 11 is 0. The molecule has 32 heavy (non-hydrogen) atoms. The van der Waals surface area contributed by atoms with E-state index in [9.17, 15) is 19.1 Å².